The minimum Gasteiger partial charge on any atom is -0.207 e. The number of aryl methyl sites for hydroxylation is 3. The quantitative estimate of drug-likeness (QED) is 0.479. The summed E-state index contributed by atoms with van der Waals surface area (Å²) in [4.78, 5) is 0.278. The van der Waals surface area contributed by atoms with Crippen LogP contribution in [0.5, 0.6) is 0 Å². The first-order valence-corrected chi connectivity index (χ1v) is 11.6. The van der Waals surface area contributed by atoms with Gasteiger partial charge in [0.1, 0.15) is 0 Å². The Bertz CT molecular complexity index is 1030. The van der Waals surface area contributed by atoms with E-state index in [9.17, 15) is 8.42 Å². The van der Waals surface area contributed by atoms with Gasteiger partial charge in [0.05, 0.1) is 4.90 Å². The SMILES string of the molecule is Cc1ccc(CCC[C@@H](NS(=O)(=O)c2ccc(C)cc2)c2ccc(Cl)cc2)cc1. The van der Waals surface area contributed by atoms with Crippen molar-refractivity contribution in [2.24, 2.45) is 0 Å². The number of sulfonamides is 1. The highest BCUT2D eigenvalue weighted by Crippen LogP contribution is 2.24. The third-order valence-electron chi connectivity index (χ3n) is 4.98. The van der Waals surface area contributed by atoms with Crippen LogP contribution in [0.2, 0.25) is 5.02 Å². The molecule has 0 saturated carbocycles. The summed E-state index contributed by atoms with van der Waals surface area (Å²) in [5.41, 5.74) is 4.43. The first-order chi connectivity index (χ1) is 13.8. The lowest BCUT2D eigenvalue weighted by atomic mass is 9.99. The van der Waals surface area contributed by atoms with Crippen molar-refractivity contribution in [1.29, 1.82) is 0 Å². The van der Waals surface area contributed by atoms with Gasteiger partial charge in [-0.15, -0.1) is 0 Å². The molecular weight excluding hydrogens is 402 g/mol. The van der Waals surface area contributed by atoms with E-state index >= 15 is 0 Å². The third-order valence-corrected chi connectivity index (χ3v) is 6.72. The van der Waals surface area contributed by atoms with Crippen LogP contribution < -0.4 is 4.72 Å². The molecule has 29 heavy (non-hydrogen) atoms. The number of halogens is 1. The molecule has 0 radical (unpaired) electrons. The largest absolute Gasteiger partial charge is 0.241 e. The second kappa shape index (κ2) is 9.57. The summed E-state index contributed by atoms with van der Waals surface area (Å²) >= 11 is 6.02. The van der Waals surface area contributed by atoms with Crippen molar-refractivity contribution in [2.75, 3.05) is 0 Å². The van der Waals surface area contributed by atoms with Crippen LogP contribution in [0.3, 0.4) is 0 Å². The van der Waals surface area contributed by atoms with Gasteiger partial charge in [-0.25, -0.2) is 13.1 Å². The predicted octanol–water partition coefficient (Wildman–Crippen LogP) is 6.00. The van der Waals surface area contributed by atoms with Crippen LogP contribution in [0.4, 0.5) is 0 Å². The Labute approximate surface area is 178 Å². The molecule has 0 spiro atoms. The van der Waals surface area contributed by atoms with Gasteiger partial charge in [-0.05, 0) is 68.5 Å². The fraction of sp³-hybridized carbons (Fsp3) is 0.250. The van der Waals surface area contributed by atoms with Crippen molar-refractivity contribution < 1.29 is 8.42 Å². The van der Waals surface area contributed by atoms with Gasteiger partial charge < -0.3 is 0 Å². The highest BCUT2D eigenvalue weighted by atomic mass is 35.5. The normalized spacial score (nSPS) is 12.7. The number of hydrogen-bond acceptors (Lipinski definition) is 2. The van der Waals surface area contributed by atoms with Gasteiger partial charge in [-0.2, -0.15) is 0 Å². The van der Waals surface area contributed by atoms with Gasteiger partial charge in [0.15, 0.2) is 0 Å². The van der Waals surface area contributed by atoms with E-state index in [1.54, 1.807) is 24.3 Å². The van der Waals surface area contributed by atoms with Crippen LogP contribution in [0.1, 0.15) is 41.1 Å². The molecule has 0 unspecified atom stereocenters. The van der Waals surface area contributed by atoms with Crippen molar-refractivity contribution >= 4 is 21.6 Å². The first kappa shape index (κ1) is 21.6. The van der Waals surface area contributed by atoms with E-state index in [2.05, 4.69) is 35.9 Å². The van der Waals surface area contributed by atoms with Crippen molar-refractivity contribution in [1.82, 2.24) is 4.72 Å². The fourth-order valence-corrected chi connectivity index (χ4v) is 4.61. The second-order valence-electron chi connectivity index (χ2n) is 7.42. The summed E-state index contributed by atoms with van der Waals surface area (Å²) in [5.74, 6) is 0. The molecule has 1 atom stereocenters. The van der Waals surface area contributed by atoms with E-state index in [-0.39, 0.29) is 10.9 Å². The van der Waals surface area contributed by atoms with E-state index < -0.39 is 10.0 Å². The number of nitrogens with one attached hydrogen (secondary N) is 1. The lowest BCUT2D eigenvalue weighted by molar-refractivity contribution is 0.528. The predicted molar refractivity (Wildman–Crippen MR) is 120 cm³/mol. The highest BCUT2D eigenvalue weighted by Gasteiger charge is 2.21. The van der Waals surface area contributed by atoms with Crippen LogP contribution in [-0.4, -0.2) is 8.42 Å². The zero-order chi connectivity index (χ0) is 20.9. The molecule has 5 heteroatoms. The molecule has 0 fully saturated rings. The Hall–Kier alpha value is -2.14. The van der Waals surface area contributed by atoms with Crippen LogP contribution >= 0.6 is 11.6 Å². The average Bonchev–Trinajstić information content (AvgIpc) is 2.69. The lowest BCUT2D eigenvalue weighted by Crippen LogP contribution is -2.29. The summed E-state index contributed by atoms with van der Waals surface area (Å²) in [6.07, 6.45) is 2.46. The lowest BCUT2D eigenvalue weighted by Gasteiger charge is -2.20. The number of rotatable bonds is 8. The molecule has 0 aromatic heterocycles. The summed E-state index contributed by atoms with van der Waals surface area (Å²) in [5, 5.41) is 0.633. The second-order valence-corrected chi connectivity index (χ2v) is 9.57. The standard InChI is InChI=1S/C24H26ClNO2S/c1-18-6-10-20(11-7-18)4-3-5-24(21-12-14-22(25)15-13-21)26-29(27,28)23-16-8-19(2)9-17-23/h6-17,24,26H,3-5H2,1-2H3/t24-/m1/s1. The Balaban J connectivity index is 1.76. The third kappa shape index (κ3) is 6.17. The molecule has 3 aromatic rings. The molecule has 3 rings (SSSR count). The monoisotopic (exact) mass is 427 g/mol. The Kier molecular flexibility index (Phi) is 7.12. The number of hydrogen-bond donors (Lipinski definition) is 1. The minimum absolute atomic E-state index is 0.278. The molecule has 0 aliphatic heterocycles. The number of benzene rings is 3. The molecule has 0 bridgehead atoms. The molecule has 3 aromatic carbocycles. The minimum atomic E-state index is -3.62. The zero-order valence-corrected chi connectivity index (χ0v) is 18.3. The smallest absolute Gasteiger partial charge is 0.207 e. The maximum Gasteiger partial charge on any atom is 0.241 e. The van der Waals surface area contributed by atoms with Crippen molar-refractivity contribution in [3.8, 4) is 0 Å². The van der Waals surface area contributed by atoms with Gasteiger partial charge in [0.25, 0.3) is 0 Å². The average molecular weight is 428 g/mol. The van der Waals surface area contributed by atoms with Crippen LogP contribution in [0.25, 0.3) is 0 Å². The summed E-state index contributed by atoms with van der Waals surface area (Å²) in [6, 6.07) is 22.4. The van der Waals surface area contributed by atoms with E-state index in [1.165, 1.54) is 11.1 Å². The maximum atomic E-state index is 12.9. The van der Waals surface area contributed by atoms with Gasteiger partial charge in [0.2, 0.25) is 10.0 Å². The van der Waals surface area contributed by atoms with Crippen molar-refractivity contribution in [2.45, 2.75) is 44.0 Å². The van der Waals surface area contributed by atoms with Gasteiger partial charge >= 0.3 is 0 Å². The van der Waals surface area contributed by atoms with Crippen LogP contribution in [0, 0.1) is 13.8 Å². The van der Waals surface area contributed by atoms with Crippen molar-refractivity contribution in [3.05, 3.63) is 100 Å². The summed E-state index contributed by atoms with van der Waals surface area (Å²) in [6.45, 7) is 4.01. The van der Waals surface area contributed by atoms with E-state index in [4.69, 9.17) is 11.6 Å². The molecular formula is C24H26ClNO2S. The molecule has 152 valence electrons. The first-order valence-electron chi connectivity index (χ1n) is 9.73. The van der Waals surface area contributed by atoms with E-state index in [0.717, 1.165) is 24.0 Å². The molecule has 1 N–H and O–H groups in total. The Morgan fingerprint density at radius 1 is 0.828 bits per heavy atom. The summed E-state index contributed by atoms with van der Waals surface area (Å²) in [7, 11) is -3.62. The van der Waals surface area contributed by atoms with Gasteiger partial charge in [-0.1, -0.05) is 71.3 Å². The Morgan fingerprint density at radius 3 is 1.97 bits per heavy atom. The molecule has 0 saturated heterocycles. The van der Waals surface area contributed by atoms with E-state index in [1.807, 2.05) is 31.2 Å². The fourth-order valence-electron chi connectivity index (χ4n) is 3.23. The molecule has 0 aliphatic carbocycles. The van der Waals surface area contributed by atoms with Gasteiger partial charge in [0, 0.05) is 11.1 Å². The van der Waals surface area contributed by atoms with Crippen LogP contribution in [-0.2, 0) is 16.4 Å². The molecule has 0 aliphatic rings. The zero-order valence-electron chi connectivity index (χ0n) is 16.7. The van der Waals surface area contributed by atoms with Gasteiger partial charge in [-0.3, -0.25) is 0 Å². The molecule has 0 amide bonds. The molecule has 0 heterocycles. The molecule has 3 nitrogen and oxygen atoms in total. The topological polar surface area (TPSA) is 46.2 Å². The highest BCUT2D eigenvalue weighted by molar-refractivity contribution is 7.89. The summed E-state index contributed by atoms with van der Waals surface area (Å²) < 4.78 is 28.7. The Morgan fingerprint density at radius 2 is 1.38 bits per heavy atom. The van der Waals surface area contributed by atoms with E-state index in [0.29, 0.717) is 11.4 Å². The maximum absolute atomic E-state index is 12.9. The van der Waals surface area contributed by atoms with Crippen molar-refractivity contribution in [3.63, 3.8) is 0 Å². The van der Waals surface area contributed by atoms with Crippen LogP contribution in [0.15, 0.2) is 77.7 Å².